The maximum atomic E-state index is 10.6. The molecular formula is C15H19Cl2NO3. The molecule has 0 amide bonds. The largest absolute Gasteiger partial charge is 0.492 e. The number of fused-ring (bicyclic) bond motifs is 1. The van der Waals surface area contributed by atoms with E-state index in [-0.39, 0.29) is 12.1 Å². The highest BCUT2D eigenvalue weighted by Crippen LogP contribution is 2.40. The molecule has 1 aromatic carbocycles. The molecular weight excluding hydrogens is 313 g/mol. The maximum absolute atomic E-state index is 10.6. The van der Waals surface area contributed by atoms with E-state index >= 15 is 0 Å². The molecule has 21 heavy (non-hydrogen) atoms. The summed E-state index contributed by atoms with van der Waals surface area (Å²) in [6.45, 7) is 3.57. The number of hydrogen-bond donors (Lipinski definition) is 2. The Morgan fingerprint density at radius 2 is 2.19 bits per heavy atom. The molecule has 2 heterocycles. The lowest BCUT2D eigenvalue weighted by Crippen LogP contribution is -2.47. The molecule has 116 valence electrons. The van der Waals surface area contributed by atoms with Gasteiger partial charge in [0.25, 0.3) is 0 Å². The van der Waals surface area contributed by atoms with Crippen molar-refractivity contribution in [1.29, 1.82) is 0 Å². The van der Waals surface area contributed by atoms with Crippen LogP contribution in [0.15, 0.2) is 12.1 Å². The SMILES string of the molecule is CC1OCCC1(O)CNC1CCOc2c(Cl)cc(Cl)cc21. The molecule has 0 saturated carbocycles. The molecule has 3 unspecified atom stereocenters. The average Bonchev–Trinajstić information content (AvgIpc) is 2.77. The van der Waals surface area contributed by atoms with Crippen molar-refractivity contribution in [1.82, 2.24) is 5.32 Å². The van der Waals surface area contributed by atoms with Crippen LogP contribution in [0.4, 0.5) is 0 Å². The molecule has 1 fully saturated rings. The van der Waals surface area contributed by atoms with Gasteiger partial charge in [-0.05, 0) is 19.1 Å². The van der Waals surface area contributed by atoms with Crippen molar-refractivity contribution >= 4 is 23.2 Å². The van der Waals surface area contributed by atoms with Gasteiger partial charge in [0.2, 0.25) is 0 Å². The molecule has 1 saturated heterocycles. The van der Waals surface area contributed by atoms with E-state index in [9.17, 15) is 5.11 Å². The van der Waals surface area contributed by atoms with Gasteiger partial charge in [0.1, 0.15) is 11.4 Å². The first-order valence-corrected chi connectivity index (χ1v) is 7.94. The third-order valence-corrected chi connectivity index (χ3v) is 4.88. The second-order valence-electron chi connectivity index (χ2n) is 5.74. The Morgan fingerprint density at radius 1 is 1.38 bits per heavy atom. The minimum absolute atomic E-state index is 0.0711. The molecule has 2 N–H and O–H groups in total. The molecule has 2 aliphatic heterocycles. The Morgan fingerprint density at radius 3 is 2.90 bits per heavy atom. The van der Waals surface area contributed by atoms with Crippen LogP contribution in [-0.2, 0) is 4.74 Å². The molecule has 3 atom stereocenters. The molecule has 0 aromatic heterocycles. The Hall–Kier alpha value is -0.520. The van der Waals surface area contributed by atoms with E-state index in [1.165, 1.54) is 0 Å². The van der Waals surface area contributed by atoms with Crippen LogP contribution in [0.2, 0.25) is 10.0 Å². The van der Waals surface area contributed by atoms with Gasteiger partial charge < -0.3 is 19.9 Å². The summed E-state index contributed by atoms with van der Waals surface area (Å²) in [6.07, 6.45) is 1.30. The summed E-state index contributed by atoms with van der Waals surface area (Å²) >= 11 is 12.3. The summed E-state index contributed by atoms with van der Waals surface area (Å²) in [5.41, 5.74) is 0.134. The molecule has 6 heteroatoms. The Labute approximate surface area is 134 Å². The third-order valence-electron chi connectivity index (χ3n) is 4.38. The fourth-order valence-corrected chi connectivity index (χ4v) is 3.50. The second kappa shape index (κ2) is 5.94. The van der Waals surface area contributed by atoms with Gasteiger partial charge in [-0.25, -0.2) is 0 Å². The first-order chi connectivity index (χ1) is 9.99. The normalized spacial score (nSPS) is 31.8. The highest BCUT2D eigenvalue weighted by Gasteiger charge is 2.40. The zero-order valence-corrected chi connectivity index (χ0v) is 13.4. The lowest BCUT2D eigenvalue weighted by molar-refractivity contribution is -0.0283. The van der Waals surface area contributed by atoms with Gasteiger partial charge in [-0.3, -0.25) is 0 Å². The van der Waals surface area contributed by atoms with Gasteiger partial charge in [0.15, 0.2) is 0 Å². The Bertz CT molecular complexity index is 540. The van der Waals surface area contributed by atoms with Crippen LogP contribution >= 0.6 is 23.2 Å². The van der Waals surface area contributed by atoms with Crippen LogP contribution in [0.25, 0.3) is 0 Å². The molecule has 2 aliphatic rings. The summed E-state index contributed by atoms with van der Waals surface area (Å²) in [4.78, 5) is 0. The monoisotopic (exact) mass is 331 g/mol. The lowest BCUT2D eigenvalue weighted by Gasteiger charge is -2.32. The fourth-order valence-electron chi connectivity index (χ4n) is 2.94. The van der Waals surface area contributed by atoms with Crippen LogP contribution < -0.4 is 10.1 Å². The van der Waals surface area contributed by atoms with Crippen LogP contribution in [-0.4, -0.2) is 36.6 Å². The number of rotatable bonds is 3. The lowest BCUT2D eigenvalue weighted by atomic mass is 9.94. The van der Waals surface area contributed by atoms with Crippen molar-refractivity contribution in [3.63, 3.8) is 0 Å². The minimum atomic E-state index is -0.819. The zero-order chi connectivity index (χ0) is 15.0. The number of ether oxygens (including phenoxy) is 2. The number of hydrogen-bond acceptors (Lipinski definition) is 4. The Balaban J connectivity index is 1.76. The summed E-state index contributed by atoms with van der Waals surface area (Å²) in [6, 6.07) is 3.63. The molecule has 0 radical (unpaired) electrons. The smallest absolute Gasteiger partial charge is 0.142 e. The standard InChI is InChI=1S/C15H19Cl2NO3/c1-9-15(19,3-5-20-9)8-18-13-2-4-21-14-11(13)6-10(16)7-12(14)17/h6-7,9,13,18-19H,2-5,8H2,1H3. The van der Waals surface area contributed by atoms with Crippen molar-refractivity contribution in [2.75, 3.05) is 19.8 Å². The zero-order valence-electron chi connectivity index (χ0n) is 11.9. The minimum Gasteiger partial charge on any atom is -0.492 e. The van der Waals surface area contributed by atoms with Crippen molar-refractivity contribution < 1.29 is 14.6 Å². The summed E-state index contributed by atoms with van der Waals surface area (Å²) in [7, 11) is 0. The van der Waals surface area contributed by atoms with E-state index in [0.717, 1.165) is 12.0 Å². The first-order valence-electron chi connectivity index (χ1n) is 7.19. The third kappa shape index (κ3) is 3.01. The van der Waals surface area contributed by atoms with Crippen molar-refractivity contribution in [2.24, 2.45) is 0 Å². The van der Waals surface area contributed by atoms with E-state index < -0.39 is 5.60 Å². The summed E-state index contributed by atoms with van der Waals surface area (Å²) < 4.78 is 11.1. The van der Waals surface area contributed by atoms with E-state index in [0.29, 0.717) is 42.0 Å². The molecule has 3 rings (SSSR count). The summed E-state index contributed by atoms with van der Waals surface area (Å²) in [5, 5.41) is 15.1. The van der Waals surface area contributed by atoms with Crippen LogP contribution in [0, 0.1) is 0 Å². The second-order valence-corrected chi connectivity index (χ2v) is 6.59. The number of halogens is 2. The van der Waals surface area contributed by atoms with E-state index in [1.807, 2.05) is 13.0 Å². The van der Waals surface area contributed by atoms with E-state index in [2.05, 4.69) is 5.32 Å². The van der Waals surface area contributed by atoms with Crippen LogP contribution in [0.1, 0.15) is 31.4 Å². The van der Waals surface area contributed by atoms with Gasteiger partial charge in [-0.2, -0.15) is 0 Å². The van der Waals surface area contributed by atoms with Gasteiger partial charge >= 0.3 is 0 Å². The number of nitrogens with one attached hydrogen (secondary N) is 1. The van der Waals surface area contributed by atoms with Gasteiger partial charge in [-0.15, -0.1) is 0 Å². The topological polar surface area (TPSA) is 50.7 Å². The molecule has 0 spiro atoms. The van der Waals surface area contributed by atoms with Crippen LogP contribution in [0.5, 0.6) is 5.75 Å². The van der Waals surface area contributed by atoms with Crippen molar-refractivity contribution in [2.45, 2.75) is 37.5 Å². The highest BCUT2D eigenvalue weighted by molar-refractivity contribution is 6.35. The predicted octanol–water partition coefficient (Wildman–Crippen LogP) is 2.95. The maximum Gasteiger partial charge on any atom is 0.142 e. The van der Waals surface area contributed by atoms with Gasteiger partial charge in [0, 0.05) is 42.6 Å². The van der Waals surface area contributed by atoms with E-state index in [4.69, 9.17) is 32.7 Å². The molecule has 0 bridgehead atoms. The molecule has 0 aliphatic carbocycles. The molecule has 4 nitrogen and oxygen atoms in total. The quantitative estimate of drug-likeness (QED) is 0.894. The van der Waals surface area contributed by atoms with Gasteiger partial charge in [0.05, 0.1) is 17.7 Å². The fraction of sp³-hybridized carbons (Fsp3) is 0.600. The Kier molecular flexibility index (Phi) is 4.35. The number of aliphatic hydroxyl groups is 1. The predicted molar refractivity (Wildman–Crippen MR) is 82.3 cm³/mol. The van der Waals surface area contributed by atoms with E-state index in [1.54, 1.807) is 6.07 Å². The average molecular weight is 332 g/mol. The first kappa shape index (κ1) is 15.4. The highest BCUT2D eigenvalue weighted by atomic mass is 35.5. The molecule has 1 aromatic rings. The van der Waals surface area contributed by atoms with Crippen LogP contribution in [0.3, 0.4) is 0 Å². The number of benzene rings is 1. The van der Waals surface area contributed by atoms with Gasteiger partial charge in [-0.1, -0.05) is 23.2 Å². The van der Waals surface area contributed by atoms with Crippen molar-refractivity contribution in [3.8, 4) is 5.75 Å². The van der Waals surface area contributed by atoms with Crippen molar-refractivity contribution in [3.05, 3.63) is 27.7 Å². The summed E-state index contributed by atoms with van der Waals surface area (Å²) in [5.74, 6) is 0.688.